The highest BCUT2D eigenvalue weighted by Crippen LogP contribution is 2.39. The molecule has 0 fully saturated rings. The van der Waals surface area contributed by atoms with Gasteiger partial charge in [-0.05, 0) is 48.7 Å². The number of allylic oxidation sites excluding steroid dienone is 2. The number of nitriles is 1. The summed E-state index contributed by atoms with van der Waals surface area (Å²) < 4.78 is 12.6. The Morgan fingerprint density at radius 1 is 1.11 bits per heavy atom. The number of methoxy groups -OCH3 is 1. The molecule has 2 aromatic carbocycles. The lowest BCUT2D eigenvalue weighted by Gasteiger charge is -2.30. The van der Waals surface area contributed by atoms with E-state index in [1.165, 1.54) is 7.11 Å². The van der Waals surface area contributed by atoms with E-state index in [-0.39, 0.29) is 6.61 Å². The van der Waals surface area contributed by atoms with Crippen molar-refractivity contribution in [1.82, 2.24) is 14.9 Å². The molecule has 0 aliphatic carbocycles. The summed E-state index contributed by atoms with van der Waals surface area (Å²) in [5.41, 5.74) is 4.92. The van der Waals surface area contributed by atoms with Gasteiger partial charge in [0.05, 0.1) is 42.1 Å². The van der Waals surface area contributed by atoms with Crippen molar-refractivity contribution in [2.24, 2.45) is 0 Å². The van der Waals surface area contributed by atoms with Gasteiger partial charge >= 0.3 is 11.9 Å². The predicted molar refractivity (Wildman–Crippen MR) is 142 cm³/mol. The Morgan fingerprint density at radius 3 is 2.50 bits per heavy atom. The van der Waals surface area contributed by atoms with Crippen LogP contribution in [0.5, 0.6) is 0 Å². The van der Waals surface area contributed by atoms with Gasteiger partial charge in [0.1, 0.15) is 6.61 Å². The molecular weight excluding hydrogens is 480 g/mol. The summed E-state index contributed by atoms with van der Waals surface area (Å²) in [6.07, 6.45) is 9.09. The molecule has 0 bridgehead atoms. The van der Waals surface area contributed by atoms with Gasteiger partial charge in [0, 0.05) is 30.3 Å². The molecule has 1 aromatic heterocycles. The minimum absolute atomic E-state index is 0.0492. The molecule has 0 spiro atoms. The Kier molecular flexibility index (Phi) is 8.19. The van der Waals surface area contributed by atoms with E-state index in [9.17, 15) is 14.9 Å². The van der Waals surface area contributed by atoms with E-state index in [0.29, 0.717) is 33.7 Å². The summed E-state index contributed by atoms with van der Waals surface area (Å²) in [5.74, 6) is -1.86. The zero-order valence-corrected chi connectivity index (χ0v) is 21.5. The summed E-state index contributed by atoms with van der Waals surface area (Å²) in [4.78, 5) is 30.1. The van der Waals surface area contributed by atoms with Crippen LogP contribution in [0.15, 0.2) is 95.9 Å². The second kappa shape index (κ2) is 11.9. The summed E-state index contributed by atoms with van der Waals surface area (Å²) >= 11 is 0. The number of esters is 2. The van der Waals surface area contributed by atoms with Gasteiger partial charge < -0.3 is 19.4 Å². The van der Waals surface area contributed by atoms with Crippen molar-refractivity contribution in [3.05, 3.63) is 118 Å². The number of hydrogen-bond donors (Lipinski definition) is 1. The number of rotatable bonds is 8. The minimum Gasteiger partial charge on any atom is -0.466 e. The van der Waals surface area contributed by atoms with Crippen LogP contribution in [0.25, 0.3) is 6.08 Å². The fourth-order valence-electron chi connectivity index (χ4n) is 4.48. The number of carbonyl (C=O) groups is 2. The van der Waals surface area contributed by atoms with E-state index in [0.717, 1.165) is 17.7 Å². The van der Waals surface area contributed by atoms with Gasteiger partial charge in [0.25, 0.3) is 0 Å². The van der Waals surface area contributed by atoms with Crippen LogP contribution >= 0.6 is 0 Å². The van der Waals surface area contributed by atoms with Gasteiger partial charge in [-0.25, -0.2) is 14.6 Å². The Labute approximate surface area is 221 Å². The highest BCUT2D eigenvalue weighted by atomic mass is 16.5. The van der Waals surface area contributed by atoms with Crippen LogP contribution in [0.2, 0.25) is 0 Å². The maximum absolute atomic E-state index is 13.3. The van der Waals surface area contributed by atoms with E-state index >= 15 is 0 Å². The fraction of sp³-hybridized carbons (Fsp3) is 0.200. The largest absolute Gasteiger partial charge is 0.466 e. The Balaban J connectivity index is 1.49. The number of ether oxygens (including phenoxy) is 2. The number of hydrogen-bond acceptors (Lipinski definition) is 7. The lowest BCUT2D eigenvalue weighted by atomic mass is 9.80. The van der Waals surface area contributed by atoms with E-state index in [1.807, 2.05) is 41.1 Å². The summed E-state index contributed by atoms with van der Waals surface area (Å²) in [7, 11) is 1.30. The molecule has 1 atom stereocenters. The first-order chi connectivity index (χ1) is 18.4. The molecule has 0 saturated heterocycles. The van der Waals surface area contributed by atoms with Gasteiger partial charge in [-0.15, -0.1) is 0 Å². The molecule has 4 rings (SSSR count). The molecule has 0 radical (unpaired) electrons. The normalized spacial score (nSPS) is 15.3. The molecule has 1 aliphatic rings. The lowest BCUT2D eigenvalue weighted by molar-refractivity contribution is -0.138. The second-order valence-corrected chi connectivity index (χ2v) is 8.84. The van der Waals surface area contributed by atoms with Crippen molar-refractivity contribution in [2.45, 2.75) is 26.3 Å². The number of nitrogens with one attached hydrogen (secondary N) is 1. The molecule has 38 heavy (non-hydrogen) atoms. The van der Waals surface area contributed by atoms with Crippen LogP contribution < -0.4 is 5.32 Å². The average Bonchev–Trinajstić information content (AvgIpc) is 3.44. The first kappa shape index (κ1) is 26.2. The number of nitrogens with zero attached hydrogens (tertiary/aromatic N) is 3. The molecular formula is C30H28N4O4. The maximum atomic E-state index is 13.3. The molecule has 3 aromatic rings. The third-order valence-electron chi connectivity index (χ3n) is 6.26. The van der Waals surface area contributed by atoms with Gasteiger partial charge in [-0.2, -0.15) is 5.26 Å². The first-order valence-corrected chi connectivity index (χ1v) is 12.1. The van der Waals surface area contributed by atoms with Gasteiger partial charge in [-0.3, -0.25) is 0 Å². The van der Waals surface area contributed by atoms with Crippen LogP contribution in [-0.2, 0) is 25.6 Å². The van der Waals surface area contributed by atoms with Crippen molar-refractivity contribution in [2.75, 3.05) is 13.7 Å². The number of aromatic nitrogens is 2. The number of imidazole rings is 1. The van der Waals surface area contributed by atoms with E-state index in [2.05, 4.69) is 16.4 Å². The summed E-state index contributed by atoms with van der Waals surface area (Å²) in [6, 6.07) is 17.0. The van der Waals surface area contributed by atoms with E-state index in [1.54, 1.807) is 56.7 Å². The van der Waals surface area contributed by atoms with Gasteiger partial charge in [-0.1, -0.05) is 42.5 Å². The Morgan fingerprint density at radius 2 is 1.84 bits per heavy atom. The number of dihydropyridines is 1. The topological polar surface area (TPSA) is 106 Å². The predicted octanol–water partition coefficient (Wildman–Crippen LogP) is 4.47. The molecule has 8 nitrogen and oxygen atoms in total. The van der Waals surface area contributed by atoms with Crippen LogP contribution in [0.1, 0.15) is 42.0 Å². The SMILES string of the molecule is COC(=O)C1=C(C)NC(C)=C(C(=O)OC/C=C/c2ccc(Cn3ccnc3)cc2)C1c1cccc(C#N)c1. The first-order valence-electron chi connectivity index (χ1n) is 12.1. The van der Waals surface area contributed by atoms with E-state index in [4.69, 9.17) is 9.47 Å². The monoisotopic (exact) mass is 508 g/mol. The highest BCUT2D eigenvalue weighted by molar-refractivity contribution is 5.99. The molecule has 0 amide bonds. The number of carbonyl (C=O) groups excluding carboxylic acids is 2. The van der Waals surface area contributed by atoms with Crippen LogP contribution in [0.4, 0.5) is 0 Å². The summed E-state index contributed by atoms with van der Waals surface area (Å²) in [6.45, 7) is 4.30. The smallest absolute Gasteiger partial charge is 0.337 e. The maximum Gasteiger partial charge on any atom is 0.337 e. The molecule has 1 N–H and O–H groups in total. The van der Waals surface area contributed by atoms with Gasteiger partial charge in [0.15, 0.2) is 0 Å². The van der Waals surface area contributed by atoms with Crippen molar-refractivity contribution >= 4 is 18.0 Å². The van der Waals surface area contributed by atoms with E-state index < -0.39 is 17.9 Å². The standard InChI is InChI=1S/C30H28N4O4/c1-20-26(29(35)37-3)28(25-8-4-6-24(16-25)17-31)27(21(2)33-20)30(36)38-15-5-7-22-9-11-23(12-10-22)18-34-14-13-32-19-34/h4-14,16,19,28,33H,15,18H2,1-3H3/b7-5+. The Bertz CT molecular complexity index is 1460. The Hall–Kier alpha value is -4.90. The van der Waals surface area contributed by atoms with Crippen molar-refractivity contribution in [1.29, 1.82) is 5.26 Å². The van der Waals surface area contributed by atoms with Crippen LogP contribution in [0, 0.1) is 11.3 Å². The lowest BCUT2D eigenvalue weighted by Crippen LogP contribution is -2.32. The van der Waals surface area contributed by atoms with Crippen LogP contribution in [0.3, 0.4) is 0 Å². The van der Waals surface area contributed by atoms with Crippen LogP contribution in [-0.4, -0.2) is 35.2 Å². The van der Waals surface area contributed by atoms with Crippen molar-refractivity contribution < 1.29 is 19.1 Å². The molecule has 192 valence electrons. The molecule has 0 saturated carbocycles. The van der Waals surface area contributed by atoms with Gasteiger partial charge in [0.2, 0.25) is 0 Å². The number of benzene rings is 2. The molecule has 2 heterocycles. The average molecular weight is 509 g/mol. The van der Waals surface area contributed by atoms with Crippen molar-refractivity contribution in [3.63, 3.8) is 0 Å². The quantitative estimate of drug-likeness (QED) is 0.448. The molecule has 1 aliphatic heterocycles. The second-order valence-electron chi connectivity index (χ2n) is 8.84. The zero-order chi connectivity index (χ0) is 27.1. The highest BCUT2D eigenvalue weighted by Gasteiger charge is 2.37. The summed E-state index contributed by atoms with van der Waals surface area (Å²) in [5, 5.41) is 12.5. The zero-order valence-electron chi connectivity index (χ0n) is 21.5. The molecule has 1 unspecified atom stereocenters. The third kappa shape index (κ3) is 5.90. The third-order valence-corrected chi connectivity index (χ3v) is 6.26. The fourth-order valence-corrected chi connectivity index (χ4v) is 4.48. The van der Waals surface area contributed by atoms with Crippen molar-refractivity contribution in [3.8, 4) is 6.07 Å². The molecule has 8 heteroatoms. The minimum atomic E-state index is -0.739.